The van der Waals surface area contributed by atoms with E-state index in [9.17, 15) is 4.79 Å². The van der Waals surface area contributed by atoms with Gasteiger partial charge in [0.15, 0.2) is 0 Å². The molecule has 0 heterocycles. The van der Waals surface area contributed by atoms with E-state index in [2.05, 4.69) is 4.74 Å². The SMILES string of the molecule is CC(C)OCCCO[C]=O. The molecule has 0 rings (SSSR count). The van der Waals surface area contributed by atoms with Crippen molar-refractivity contribution in [1.29, 1.82) is 0 Å². The topological polar surface area (TPSA) is 35.5 Å². The lowest BCUT2D eigenvalue weighted by molar-refractivity contribution is 0.0682. The zero-order valence-electron chi connectivity index (χ0n) is 6.42. The van der Waals surface area contributed by atoms with Crippen LogP contribution in [0, 0.1) is 0 Å². The van der Waals surface area contributed by atoms with Crippen LogP contribution in [0.1, 0.15) is 20.3 Å². The van der Waals surface area contributed by atoms with Crippen LogP contribution in [0.25, 0.3) is 0 Å². The van der Waals surface area contributed by atoms with Crippen molar-refractivity contribution in [3.8, 4) is 0 Å². The highest BCUT2D eigenvalue weighted by Gasteiger charge is 1.92. The Kier molecular flexibility index (Phi) is 6.18. The van der Waals surface area contributed by atoms with Gasteiger partial charge < -0.3 is 9.47 Å². The molecule has 0 unspecified atom stereocenters. The second kappa shape index (κ2) is 6.55. The summed E-state index contributed by atoms with van der Waals surface area (Å²) in [7, 11) is 0. The normalized spacial score (nSPS) is 9.90. The molecule has 0 aromatic heterocycles. The first-order chi connectivity index (χ1) is 4.77. The highest BCUT2D eigenvalue weighted by atomic mass is 16.5. The van der Waals surface area contributed by atoms with Crippen LogP contribution < -0.4 is 0 Å². The summed E-state index contributed by atoms with van der Waals surface area (Å²) in [6, 6.07) is 0. The van der Waals surface area contributed by atoms with E-state index in [0.717, 1.165) is 6.42 Å². The van der Waals surface area contributed by atoms with Crippen molar-refractivity contribution >= 4 is 6.47 Å². The Morgan fingerprint density at radius 3 is 2.60 bits per heavy atom. The lowest BCUT2D eigenvalue weighted by Crippen LogP contribution is -2.06. The summed E-state index contributed by atoms with van der Waals surface area (Å²) in [5.74, 6) is 0. The maximum Gasteiger partial charge on any atom is 0.417 e. The van der Waals surface area contributed by atoms with Crippen LogP contribution in [0.5, 0.6) is 0 Å². The summed E-state index contributed by atoms with van der Waals surface area (Å²) >= 11 is 0. The molecule has 0 saturated carbocycles. The second-order valence-corrected chi connectivity index (χ2v) is 2.20. The molecule has 0 N–H and O–H groups in total. The summed E-state index contributed by atoms with van der Waals surface area (Å²) in [6.07, 6.45) is 0.994. The molecule has 3 nitrogen and oxygen atoms in total. The Bertz CT molecular complexity index is 80.9. The summed E-state index contributed by atoms with van der Waals surface area (Å²) in [5, 5.41) is 0. The maximum atomic E-state index is 9.51. The van der Waals surface area contributed by atoms with Crippen molar-refractivity contribution < 1.29 is 14.3 Å². The molecule has 0 aliphatic heterocycles. The van der Waals surface area contributed by atoms with Gasteiger partial charge in [0, 0.05) is 6.42 Å². The number of rotatable bonds is 6. The van der Waals surface area contributed by atoms with Gasteiger partial charge >= 0.3 is 6.47 Å². The zero-order chi connectivity index (χ0) is 7.82. The minimum Gasteiger partial charge on any atom is -0.457 e. The van der Waals surface area contributed by atoms with Gasteiger partial charge in [0.05, 0.1) is 19.3 Å². The average molecular weight is 145 g/mol. The lowest BCUT2D eigenvalue weighted by atomic mass is 10.4. The predicted octanol–water partition coefficient (Wildman–Crippen LogP) is 0.885. The van der Waals surface area contributed by atoms with Gasteiger partial charge in [-0.1, -0.05) is 0 Å². The van der Waals surface area contributed by atoms with Crippen LogP contribution >= 0.6 is 0 Å². The molecule has 0 fully saturated rings. The highest BCUT2D eigenvalue weighted by molar-refractivity contribution is 5.37. The number of hydrogen-bond donors (Lipinski definition) is 0. The fraction of sp³-hybridized carbons (Fsp3) is 0.857. The summed E-state index contributed by atoms with van der Waals surface area (Å²) in [4.78, 5) is 9.51. The van der Waals surface area contributed by atoms with Crippen LogP contribution in [0.2, 0.25) is 0 Å². The van der Waals surface area contributed by atoms with Crippen LogP contribution in [0.3, 0.4) is 0 Å². The zero-order valence-corrected chi connectivity index (χ0v) is 6.42. The Balaban J connectivity index is 2.83. The van der Waals surface area contributed by atoms with Gasteiger partial charge in [0.1, 0.15) is 0 Å². The summed E-state index contributed by atoms with van der Waals surface area (Å²) in [6.45, 7) is 6.32. The van der Waals surface area contributed by atoms with Gasteiger partial charge in [0.25, 0.3) is 0 Å². The second-order valence-electron chi connectivity index (χ2n) is 2.20. The number of carbonyl (C=O) groups excluding carboxylic acids is 1. The smallest absolute Gasteiger partial charge is 0.417 e. The van der Waals surface area contributed by atoms with Gasteiger partial charge in [-0.05, 0) is 13.8 Å². The molecule has 0 aromatic rings. The molecule has 59 valence electrons. The fourth-order valence-corrected chi connectivity index (χ4v) is 0.492. The molecule has 0 aromatic carbocycles. The van der Waals surface area contributed by atoms with Gasteiger partial charge in [-0.25, -0.2) is 4.79 Å². The van der Waals surface area contributed by atoms with E-state index in [0.29, 0.717) is 13.2 Å². The first-order valence-corrected chi connectivity index (χ1v) is 3.38. The van der Waals surface area contributed by atoms with Crippen molar-refractivity contribution in [2.75, 3.05) is 13.2 Å². The molecule has 0 aliphatic rings. The van der Waals surface area contributed by atoms with Crippen LogP contribution in [-0.4, -0.2) is 25.8 Å². The predicted molar refractivity (Wildman–Crippen MR) is 37.4 cm³/mol. The van der Waals surface area contributed by atoms with E-state index in [1.165, 1.54) is 6.47 Å². The maximum absolute atomic E-state index is 9.51. The molecule has 0 aliphatic carbocycles. The Hall–Kier alpha value is -0.570. The Morgan fingerprint density at radius 1 is 1.40 bits per heavy atom. The highest BCUT2D eigenvalue weighted by Crippen LogP contribution is 1.89. The van der Waals surface area contributed by atoms with Crippen molar-refractivity contribution in [2.24, 2.45) is 0 Å². The first kappa shape index (κ1) is 9.43. The minimum atomic E-state index is 0.250. The van der Waals surface area contributed by atoms with Crippen molar-refractivity contribution in [3.63, 3.8) is 0 Å². The summed E-state index contributed by atoms with van der Waals surface area (Å²) < 4.78 is 9.51. The van der Waals surface area contributed by atoms with E-state index in [-0.39, 0.29) is 6.10 Å². The van der Waals surface area contributed by atoms with Crippen LogP contribution in [-0.2, 0) is 14.3 Å². The molecule has 1 radical (unpaired) electrons. The molecular formula is C7H13O3. The Labute approximate surface area is 61.3 Å². The molecule has 0 saturated heterocycles. The van der Waals surface area contributed by atoms with E-state index in [1.807, 2.05) is 13.8 Å². The fourth-order valence-electron chi connectivity index (χ4n) is 0.492. The van der Waals surface area contributed by atoms with Gasteiger partial charge in [0.2, 0.25) is 0 Å². The number of ether oxygens (including phenoxy) is 2. The third kappa shape index (κ3) is 7.43. The monoisotopic (exact) mass is 145 g/mol. The number of hydrogen-bond acceptors (Lipinski definition) is 3. The standard InChI is InChI=1S/C7H13O3/c1-7(2)10-5-3-4-9-6-8/h7H,3-5H2,1-2H3. The van der Waals surface area contributed by atoms with Gasteiger partial charge in [-0.2, -0.15) is 0 Å². The molecular weight excluding hydrogens is 132 g/mol. The molecule has 0 amide bonds. The molecule has 0 atom stereocenters. The van der Waals surface area contributed by atoms with Crippen molar-refractivity contribution in [2.45, 2.75) is 26.4 Å². The van der Waals surface area contributed by atoms with Crippen LogP contribution in [0.4, 0.5) is 0 Å². The van der Waals surface area contributed by atoms with Gasteiger partial charge in [-0.15, -0.1) is 0 Å². The van der Waals surface area contributed by atoms with E-state index >= 15 is 0 Å². The first-order valence-electron chi connectivity index (χ1n) is 3.38. The largest absolute Gasteiger partial charge is 0.457 e. The third-order valence-corrected chi connectivity index (χ3v) is 0.901. The quantitative estimate of drug-likeness (QED) is 0.520. The molecule has 0 spiro atoms. The van der Waals surface area contributed by atoms with Crippen molar-refractivity contribution in [1.82, 2.24) is 0 Å². The molecule has 3 heteroatoms. The minimum absolute atomic E-state index is 0.250. The molecule has 10 heavy (non-hydrogen) atoms. The molecule has 0 bridgehead atoms. The summed E-state index contributed by atoms with van der Waals surface area (Å²) in [5.41, 5.74) is 0. The van der Waals surface area contributed by atoms with Crippen LogP contribution in [0.15, 0.2) is 0 Å². The third-order valence-electron chi connectivity index (χ3n) is 0.901. The van der Waals surface area contributed by atoms with Crippen molar-refractivity contribution in [3.05, 3.63) is 0 Å². The van der Waals surface area contributed by atoms with E-state index < -0.39 is 0 Å². The van der Waals surface area contributed by atoms with E-state index in [4.69, 9.17) is 4.74 Å². The Morgan fingerprint density at radius 2 is 2.10 bits per heavy atom. The average Bonchev–Trinajstić information content (AvgIpc) is 1.87. The lowest BCUT2D eigenvalue weighted by Gasteiger charge is -2.05. The van der Waals surface area contributed by atoms with Gasteiger partial charge in [-0.3, -0.25) is 0 Å². The van der Waals surface area contributed by atoms with E-state index in [1.54, 1.807) is 0 Å².